The average Bonchev–Trinajstić information content (AvgIpc) is 3.24. The Morgan fingerprint density at radius 1 is 1.13 bits per heavy atom. The molecule has 2 saturated carbocycles. The number of fused-ring (bicyclic) bond motifs is 2. The molecule has 5 rings (SSSR count). The maximum atomic E-state index is 13.3. The van der Waals surface area contributed by atoms with Gasteiger partial charge in [0, 0.05) is 17.8 Å². The van der Waals surface area contributed by atoms with Crippen LogP contribution in [0.4, 0.5) is 0 Å². The summed E-state index contributed by atoms with van der Waals surface area (Å²) in [5.41, 5.74) is 6.36. The zero-order chi connectivity index (χ0) is 21.7. The number of para-hydroxylation sites is 1. The van der Waals surface area contributed by atoms with Gasteiger partial charge in [0.15, 0.2) is 11.5 Å². The molecule has 2 heterocycles. The van der Waals surface area contributed by atoms with Crippen LogP contribution in [-0.2, 0) is 16.1 Å². The molecule has 2 amide bonds. The number of rotatable bonds is 6. The van der Waals surface area contributed by atoms with Crippen LogP contribution in [0.25, 0.3) is 10.9 Å². The number of hydrogen-bond donors (Lipinski definition) is 1. The van der Waals surface area contributed by atoms with Gasteiger partial charge in [0.1, 0.15) is 6.54 Å². The normalized spacial score (nSPS) is 29.7. The number of nitrogens with two attached hydrogens (primary N) is 1. The molecule has 3 fully saturated rings. The van der Waals surface area contributed by atoms with E-state index >= 15 is 0 Å². The predicted octanol–water partition coefficient (Wildman–Crippen LogP) is 2.91. The van der Waals surface area contributed by atoms with Crippen molar-refractivity contribution in [2.45, 2.75) is 70.5 Å². The van der Waals surface area contributed by atoms with Crippen LogP contribution in [0.15, 0.2) is 24.3 Å². The van der Waals surface area contributed by atoms with Gasteiger partial charge in [0.2, 0.25) is 5.91 Å². The molecule has 1 aliphatic heterocycles. The minimum Gasteiger partial charge on any atom is -0.364 e. The molecular formula is C24H30N4O3. The van der Waals surface area contributed by atoms with E-state index in [1.165, 1.54) is 12.8 Å². The fraction of sp³-hybridized carbons (Fsp3) is 0.583. The highest BCUT2D eigenvalue weighted by atomic mass is 16.2. The number of primary amides is 1. The van der Waals surface area contributed by atoms with Crippen LogP contribution < -0.4 is 5.73 Å². The van der Waals surface area contributed by atoms with Gasteiger partial charge >= 0.3 is 0 Å². The molecule has 7 heteroatoms. The molecule has 31 heavy (non-hydrogen) atoms. The van der Waals surface area contributed by atoms with Gasteiger partial charge in [-0.3, -0.25) is 19.1 Å². The van der Waals surface area contributed by atoms with E-state index in [4.69, 9.17) is 5.73 Å². The van der Waals surface area contributed by atoms with Crippen LogP contribution in [0.5, 0.6) is 0 Å². The number of aromatic nitrogens is 2. The number of carbonyl (C=O) groups excluding carboxylic acids is 3. The number of Topliss-reactive ketones (excluding diaryl/α,β-unsaturated/α-hetero) is 1. The zero-order valence-corrected chi connectivity index (χ0v) is 18.0. The van der Waals surface area contributed by atoms with Crippen molar-refractivity contribution in [1.29, 1.82) is 0 Å². The van der Waals surface area contributed by atoms with E-state index in [-0.39, 0.29) is 36.0 Å². The summed E-state index contributed by atoms with van der Waals surface area (Å²) in [4.78, 5) is 40.1. The summed E-state index contributed by atoms with van der Waals surface area (Å²) < 4.78 is 1.55. The number of benzene rings is 1. The number of piperidine rings is 1. The van der Waals surface area contributed by atoms with E-state index in [1.54, 1.807) is 10.7 Å². The largest absolute Gasteiger partial charge is 0.364 e. The van der Waals surface area contributed by atoms with E-state index in [9.17, 15) is 14.4 Å². The Bertz CT molecular complexity index is 1040. The van der Waals surface area contributed by atoms with Gasteiger partial charge in [-0.1, -0.05) is 44.4 Å². The second-order valence-corrected chi connectivity index (χ2v) is 9.81. The smallest absolute Gasteiger partial charge is 0.269 e. The lowest BCUT2D eigenvalue weighted by Gasteiger charge is -2.30. The molecule has 2 N–H and O–H groups in total. The van der Waals surface area contributed by atoms with Gasteiger partial charge in [-0.2, -0.15) is 5.10 Å². The quantitative estimate of drug-likeness (QED) is 0.774. The molecule has 5 atom stereocenters. The highest BCUT2D eigenvalue weighted by Gasteiger charge is 2.55. The summed E-state index contributed by atoms with van der Waals surface area (Å²) in [5.74, 6) is 1.12. The summed E-state index contributed by atoms with van der Waals surface area (Å²) in [7, 11) is 0. The summed E-state index contributed by atoms with van der Waals surface area (Å²) >= 11 is 0. The highest BCUT2D eigenvalue weighted by Crippen LogP contribution is 2.48. The van der Waals surface area contributed by atoms with Crippen molar-refractivity contribution in [3.05, 3.63) is 30.0 Å². The summed E-state index contributed by atoms with van der Waals surface area (Å²) in [6.45, 7) is 2.28. The first-order chi connectivity index (χ1) is 14.9. The SMILES string of the molecule is C[C@H]1CCC[C@@H](CC(=O)[C@@H]2C[C@H]3C[C@H]3N2C(=O)Cn2nc(C(N)=O)c3ccccc32)C1. The van der Waals surface area contributed by atoms with Crippen LogP contribution >= 0.6 is 0 Å². The molecule has 0 radical (unpaired) electrons. The lowest BCUT2D eigenvalue weighted by Crippen LogP contribution is -2.45. The topological polar surface area (TPSA) is 98.3 Å². The minimum absolute atomic E-state index is 0.0151. The molecule has 0 spiro atoms. The Hall–Kier alpha value is -2.70. The van der Waals surface area contributed by atoms with E-state index in [2.05, 4.69) is 12.0 Å². The van der Waals surface area contributed by atoms with Crippen molar-refractivity contribution < 1.29 is 14.4 Å². The van der Waals surface area contributed by atoms with Gasteiger partial charge in [0.05, 0.1) is 11.6 Å². The van der Waals surface area contributed by atoms with Crippen molar-refractivity contribution >= 4 is 28.5 Å². The molecule has 1 aromatic carbocycles. The van der Waals surface area contributed by atoms with Gasteiger partial charge < -0.3 is 10.6 Å². The van der Waals surface area contributed by atoms with Crippen LogP contribution in [0.2, 0.25) is 0 Å². The summed E-state index contributed by atoms with van der Waals surface area (Å²) in [6, 6.07) is 7.17. The van der Waals surface area contributed by atoms with E-state index in [0.29, 0.717) is 35.1 Å². The van der Waals surface area contributed by atoms with Crippen LogP contribution in [0.3, 0.4) is 0 Å². The van der Waals surface area contributed by atoms with Gasteiger partial charge in [-0.05, 0) is 43.1 Å². The van der Waals surface area contributed by atoms with Crippen LogP contribution in [-0.4, -0.2) is 44.4 Å². The standard InChI is InChI=1S/C24H30N4O3/c1-14-5-4-6-15(9-14)10-21(29)20-12-16-11-19(16)28(20)22(30)13-27-18-8-3-2-7-17(18)23(26-27)24(25)31/h2-3,7-8,14-16,19-20H,4-6,9-13H2,1H3,(H2,25,31)/t14-,15+,16+,19+,20-/m0/s1. The zero-order valence-electron chi connectivity index (χ0n) is 18.0. The van der Waals surface area contributed by atoms with Gasteiger partial charge in [-0.15, -0.1) is 0 Å². The Kier molecular flexibility index (Phi) is 5.07. The molecule has 2 aromatic rings. The third-order valence-electron chi connectivity index (χ3n) is 7.48. The number of ketones is 1. The number of hydrogen-bond acceptors (Lipinski definition) is 4. The molecule has 164 valence electrons. The Morgan fingerprint density at radius 2 is 1.94 bits per heavy atom. The summed E-state index contributed by atoms with van der Waals surface area (Å²) in [6.07, 6.45) is 7.08. The van der Waals surface area contributed by atoms with E-state index in [1.807, 2.05) is 23.1 Å². The third kappa shape index (κ3) is 3.75. The molecule has 1 aromatic heterocycles. The van der Waals surface area contributed by atoms with Gasteiger partial charge in [-0.25, -0.2) is 0 Å². The van der Waals surface area contributed by atoms with Crippen LogP contribution in [0.1, 0.15) is 62.4 Å². The first-order valence-corrected chi connectivity index (χ1v) is 11.5. The molecular weight excluding hydrogens is 392 g/mol. The predicted molar refractivity (Wildman–Crippen MR) is 116 cm³/mol. The van der Waals surface area contributed by atoms with Crippen molar-refractivity contribution in [3.8, 4) is 0 Å². The Labute approximate surface area is 181 Å². The van der Waals surface area contributed by atoms with Crippen molar-refractivity contribution in [2.75, 3.05) is 0 Å². The number of carbonyl (C=O) groups is 3. The lowest BCUT2D eigenvalue weighted by molar-refractivity contribution is -0.140. The molecule has 2 aliphatic carbocycles. The monoisotopic (exact) mass is 422 g/mol. The Morgan fingerprint density at radius 3 is 2.71 bits per heavy atom. The first-order valence-electron chi connectivity index (χ1n) is 11.5. The molecule has 0 unspecified atom stereocenters. The summed E-state index contributed by atoms with van der Waals surface area (Å²) in [5, 5.41) is 4.97. The van der Waals surface area contributed by atoms with E-state index in [0.717, 1.165) is 25.7 Å². The van der Waals surface area contributed by atoms with Gasteiger partial charge in [0.25, 0.3) is 5.91 Å². The lowest BCUT2D eigenvalue weighted by atomic mass is 9.79. The van der Waals surface area contributed by atoms with Crippen molar-refractivity contribution in [2.24, 2.45) is 23.5 Å². The number of amides is 2. The number of likely N-dealkylation sites (tertiary alicyclic amines) is 1. The second-order valence-electron chi connectivity index (χ2n) is 9.81. The maximum absolute atomic E-state index is 13.3. The van der Waals surface area contributed by atoms with Crippen molar-refractivity contribution in [1.82, 2.24) is 14.7 Å². The minimum atomic E-state index is -0.611. The fourth-order valence-electron chi connectivity index (χ4n) is 5.91. The molecule has 1 saturated heterocycles. The molecule has 7 nitrogen and oxygen atoms in total. The molecule has 0 bridgehead atoms. The Balaban J connectivity index is 1.33. The molecule has 3 aliphatic rings. The maximum Gasteiger partial charge on any atom is 0.269 e. The fourth-order valence-corrected chi connectivity index (χ4v) is 5.91. The highest BCUT2D eigenvalue weighted by molar-refractivity contribution is 6.04. The van der Waals surface area contributed by atoms with E-state index < -0.39 is 5.91 Å². The third-order valence-corrected chi connectivity index (χ3v) is 7.48. The first kappa shape index (κ1) is 20.2. The average molecular weight is 423 g/mol. The second kappa shape index (κ2) is 7.77. The van der Waals surface area contributed by atoms with Crippen molar-refractivity contribution in [3.63, 3.8) is 0 Å². The number of nitrogens with zero attached hydrogens (tertiary/aromatic N) is 3. The van der Waals surface area contributed by atoms with Crippen LogP contribution in [0, 0.1) is 17.8 Å².